The zero-order valence-corrected chi connectivity index (χ0v) is 14.1. The van der Waals surface area contributed by atoms with Gasteiger partial charge in [0.1, 0.15) is 0 Å². The molecule has 2 rings (SSSR count). The van der Waals surface area contributed by atoms with Crippen LogP contribution >= 0.6 is 15.9 Å². The molecule has 0 spiro atoms. The molecule has 6 nitrogen and oxygen atoms in total. The molecule has 0 unspecified atom stereocenters. The molecule has 0 aliphatic rings. The van der Waals surface area contributed by atoms with Crippen LogP contribution < -0.4 is 11.2 Å². The van der Waals surface area contributed by atoms with Crippen molar-refractivity contribution in [2.24, 2.45) is 7.05 Å². The predicted molar refractivity (Wildman–Crippen MR) is 87.2 cm³/mol. The SMILES string of the molecule is CCCn1cnc2c1c(=O)n(CCCCCBr)c(=O)n2C. The van der Waals surface area contributed by atoms with Gasteiger partial charge in [-0.15, -0.1) is 0 Å². The number of halogens is 1. The van der Waals surface area contributed by atoms with E-state index in [1.807, 2.05) is 11.5 Å². The summed E-state index contributed by atoms with van der Waals surface area (Å²) >= 11 is 3.38. The average molecular weight is 357 g/mol. The van der Waals surface area contributed by atoms with Gasteiger partial charge in [0, 0.05) is 25.5 Å². The second-order valence-electron chi connectivity index (χ2n) is 5.16. The van der Waals surface area contributed by atoms with Gasteiger partial charge < -0.3 is 4.57 Å². The van der Waals surface area contributed by atoms with Gasteiger partial charge in [-0.3, -0.25) is 13.9 Å². The van der Waals surface area contributed by atoms with Crippen LogP contribution in [0.2, 0.25) is 0 Å². The van der Waals surface area contributed by atoms with E-state index in [9.17, 15) is 9.59 Å². The van der Waals surface area contributed by atoms with E-state index in [1.165, 1.54) is 9.13 Å². The summed E-state index contributed by atoms with van der Waals surface area (Å²) in [5.74, 6) is 0. The molecule has 7 heteroatoms. The number of unbranched alkanes of at least 4 members (excludes halogenated alkanes) is 2. The van der Waals surface area contributed by atoms with Crippen LogP contribution in [0.3, 0.4) is 0 Å². The van der Waals surface area contributed by atoms with Crippen LogP contribution in [0, 0.1) is 0 Å². The summed E-state index contributed by atoms with van der Waals surface area (Å²) in [6, 6.07) is 0. The number of fused-ring (bicyclic) bond motifs is 1. The Kier molecular flexibility index (Phi) is 5.39. The van der Waals surface area contributed by atoms with E-state index in [0.717, 1.165) is 37.6 Å². The van der Waals surface area contributed by atoms with Crippen LogP contribution in [0.1, 0.15) is 32.6 Å². The standard InChI is InChI=1S/C14H21BrN4O2/c1-3-8-18-10-16-12-11(18)13(20)19(14(21)17(12)2)9-6-4-5-7-15/h10H,3-9H2,1-2H3. The molecule has 0 amide bonds. The zero-order chi connectivity index (χ0) is 15.4. The topological polar surface area (TPSA) is 61.8 Å². The Labute approximate surface area is 131 Å². The molecule has 2 heterocycles. The highest BCUT2D eigenvalue weighted by atomic mass is 79.9. The van der Waals surface area contributed by atoms with Crippen molar-refractivity contribution in [2.75, 3.05) is 5.33 Å². The fourth-order valence-corrected chi connectivity index (χ4v) is 2.87. The molecule has 116 valence electrons. The molecule has 0 N–H and O–H groups in total. The minimum atomic E-state index is -0.284. The minimum absolute atomic E-state index is 0.224. The summed E-state index contributed by atoms with van der Waals surface area (Å²) in [7, 11) is 1.67. The molecular weight excluding hydrogens is 336 g/mol. The molecule has 0 aliphatic carbocycles. The summed E-state index contributed by atoms with van der Waals surface area (Å²) in [6.45, 7) is 3.24. The number of alkyl halides is 1. The molecule has 0 radical (unpaired) electrons. The third kappa shape index (κ3) is 3.12. The van der Waals surface area contributed by atoms with E-state index in [2.05, 4.69) is 20.9 Å². The van der Waals surface area contributed by atoms with Gasteiger partial charge in [0.25, 0.3) is 5.56 Å². The van der Waals surface area contributed by atoms with Crippen molar-refractivity contribution in [3.8, 4) is 0 Å². The smallest absolute Gasteiger partial charge is 0.325 e. The van der Waals surface area contributed by atoms with Crippen LogP contribution in [0.4, 0.5) is 0 Å². The Morgan fingerprint density at radius 2 is 1.95 bits per heavy atom. The molecule has 0 fully saturated rings. The van der Waals surface area contributed by atoms with Gasteiger partial charge in [-0.25, -0.2) is 9.78 Å². The lowest BCUT2D eigenvalue weighted by atomic mass is 10.2. The number of aryl methyl sites for hydroxylation is 2. The Morgan fingerprint density at radius 3 is 2.62 bits per heavy atom. The van der Waals surface area contributed by atoms with Gasteiger partial charge in [-0.1, -0.05) is 29.3 Å². The number of imidazole rings is 1. The number of rotatable bonds is 7. The van der Waals surface area contributed by atoms with Crippen LogP contribution in [-0.2, 0) is 20.1 Å². The van der Waals surface area contributed by atoms with Crippen LogP contribution in [0.5, 0.6) is 0 Å². The highest BCUT2D eigenvalue weighted by Gasteiger charge is 2.15. The molecule has 0 saturated carbocycles. The Bertz CT molecular complexity index is 729. The van der Waals surface area contributed by atoms with Gasteiger partial charge in [-0.05, 0) is 19.3 Å². The Balaban J connectivity index is 2.47. The molecule has 0 bridgehead atoms. The van der Waals surface area contributed by atoms with Crippen molar-refractivity contribution < 1.29 is 0 Å². The van der Waals surface area contributed by atoms with Crippen molar-refractivity contribution in [2.45, 2.75) is 45.7 Å². The van der Waals surface area contributed by atoms with E-state index in [4.69, 9.17) is 0 Å². The van der Waals surface area contributed by atoms with Crippen LogP contribution in [0.25, 0.3) is 11.2 Å². The second kappa shape index (κ2) is 7.06. The summed E-state index contributed by atoms with van der Waals surface area (Å²) in [6.07, 6.45) is 5.43. The molecule has 2 aromatic rings. The maximum absolute atomic E-state index is 12.6. The molecule has 0 aromatic carbocycles. The van der Waals surface area contributed by atoms with Crippen molar-refractivity contribution in [1.29, 1.82) is 0 Å². The van der Waals surface area contributed by atoms with Crippen molar-refractivity contribution >= 4 is 27.1 Å². The summed E-state index contributed by atoms with van der Waals surface area (Å²) in [5, 5.41) is 0.947. The van der Waals surface area contributed by atoms with Gasteiger partial charge >= 0.3 is 5.69 Å². The highest BCUT2D eigenvalue weighted by molar-refractivity contribution is 9.09. The summed E-state index contributed by atoms with van der Waals surface area (Å²) < 4.78 is 4.64. The van der Waals surface area contributed by atoms with E-state index in [1.54, 1.807) is 13.4 Å². The molecule has 0 atom stereocenters. The number of nitrogens with zero attached hydrogens (tertiary/aromatic N) is 4. The summed E-state index contributed by atoms with van der Waals surface area (Å²) in [4.78, 5) is 29.1. The maximum atomic E-state index is 12.6. The Morgan fingerprint density at radius 1 is 1.19 bits per heavy atom. The first-order valence-electron chi connectivity index (χ1n) is 7.32. The summed E-state index contributed by atoms with van der Waals surface area (Å²) in [5.41, 5.74) is 0.487. The molecule has 0 saturated heterocycles. The fourth-order valence-electron chi connectivity index (χ4n) is 2.47. The number of hydrogen-bond acceptors (Lipinski definition) is 3. The highest BCUT2D eigenvalue weighted by Crippen LogP contribution is 2.07. The second-order valence-corrected chi connectivity index (χ2v) is 5.95. The Hall–Kier alpha value is -1.37. The lowest BCUT2D eigenvalue weighted by Crippen LogP contribution is -2.39. The molecule has 21 heavy (non-hydrogen) atoms. The lowest BCUT2D eigenvalue weighted by Gasteiger charge is -2.09. The quantitative estimate of drug-likeness (QED) is 0.562. The van der Waals surface area contributed by atoms with Gasteiger partial charge in [0.15, 0.2) is 11.2 Å². The van der Waals surface area contributed by atoms with Crippen LogP contribution in [-0.4, -0.2) is 24.0 Å². The van der Waals surface area contributed by atoms with E-state index in [0.29, 0.717) is 17.7 Å². The first-order valence-corrected chi connectivity index (χ1v) is 8.44. The number of aromatic nitrogens is 4. The van der Waals surface area contributed by atoms with Crippen molar-refractivity contribution in [1.82, 2.24) is 18.7 Å². The van der Waals surface area contributed by atoms with Crippen LogP contribution in [0.15, 0.2) is 15.9 Å². The zero-order valence-electron chi connectivity index (χ0n) is 12.5. The largest absolute Gasteiger partial charge is 0.332 e. The normalized spacial score (nSPS) is 11.4. The third-order valence-electron chi connectivity index (χ3n) is 3.58. The third-order valence-corrected chi connectivity index (χ3v) is 4.14. The van der Waals surface area contributed by atoms with Crippen molar-refractivity contribution in [3.63, 3.8) is 0 Å². The van der Waals surface area contributed by atoms with E-state index >= 15 is 0 Å². The first kappa shape index (κ1) is 16.0. The number of hydrogen-bond donors (Lipinski definition) is 0. The van der Waals surface area contributed by atoms with Gasteiger partial charge in [0.2, 0.25) is 0 Å². The predicted octanol–water partition coefficient (Wildman–Crippen LogP) is 1.87. The van der Waals surface area contributed by atoms with Crippen molar-refractivity contribution in [3.05, 3.63) is 27.2 Å². The first-order chi connectivity index (χ1) is 10.1. The van der Waals surface area contributed by atoms with E-state index < -0.39 is 0 Å². The minimum Gasteiger partial charge on any atom is -0.325 e. The molecular formula is C14H21BrN4O2. The average Bonchev–Trinajstić information content (AvgIpc) is 2.89. The maximum Gasteiger partial charge on any atom is 0.332 e. The molecule has 2 aromatic heterocycles. The van der Waals surface area contributed by atoms with Gasteiger partial charge in [0.05, 0.1) is 6.33 Å². The fraction of sp³-hybridized carbons (Fsp3) is 0.643. The molecule has 0 aliphatic heterocycles. The monoisotopic (exact) mass is 356 g/mol. The van der Waals surface area contributed by atoms with E-state index in [-0.39, 0.29) is 11.2 Å². The lowest BCUT2D eigenvalue weighted by molar-refractivity contribution is 0.549. The van der Waals surface area contributed by atoms with Gasteiger partial charge in [-0.2, -0.15) is 0 Å².